The highest BCUT2D eigenvalue weighted by molar-refractivity contribution is 7.09. The molecule has 1 aromatic carbocycles. The lowest BCUT2D eigenvalue weighted by Gasteiger charge is -2.32. The van der Waals surface area contributed by atoms with Crippen molar-refractivity contribution >= 4 is 23.2 Å². The van der Waals surface area contributed by atoms with Crippen molar-refractivity contribution in [1.82, 2.24) is 15.2 Å². The lowest BCUT2D eigenvalue weighted by molar-refractivity contribution is -0.131. The molecule has 1 aromatic heterocycles. The lowest BCUT2D eigenvalue weighted by atomic mass is 9.98. The van der Waals surface area contributed by atoms with Gasteiger partial charge in [0.2, 0.25) is 11.8 Å². The van der Waals surface area contributed by atoms with E-state index in [1.54, 1.807) is 11.3 Å². The predicted octanol–water partition coefficient (Wildman–Crippen LogP) is 3.08. The van der Waals surface area contributed by atoms with Gasteiger partial charge < -0.3 is 10.2 Å². The number of aryl methyl sites for hydroxylation is 1. The van der Waals surface area contributed by atoms with Crippen LogP contribution in [0.3, 0.4) is 0 Å². The highest BCUT2D eigenvalue weighted by atomic mass is 32.1. The minimum Gasteiger partial charge on any atom is -0.356 e. The van der Waals surface area contributed by atoms with Crippen LogP contribution in [-0.4, -0.2) is 41.3 Å². The predicted molar refractivity (Wildman–Crippen MR) is 108 cm³/mol. The van der Waals surface area contributed by atoms with E-state index in [2.05, 4.69) is 29.8 Å². The number of rotatable bonds is 6. The molecular formula is C21H27N3O2S. The molecule has 3 rings (SSSR count). The molecule has 1 saturated heterocycles. The van der Waals surface area contributed by atoms with Crippen molar-refractivity contribution in [2.24, 2.45) is 0 Å². The van der Waals surface area contributed by atoms with Crippen molar-refractivity contribution in [3.63, 3.8) is 0 Å². The standard InChI is InChI=1S/C21H27N3O2S/c1-15-5-7-17(8-6-15)12-20(26)24-11-3-4-18(13-24)21-23-19(14-27-21)9-10-22-16(2)25/h5-8,14,18H,3-4,9-13H2,1-2H3,(H,22,25). The molecule has 1 fully saturated rings. The fraction of sp³-hybridized carbons (Fsp3) is 0.476. The van der Waals surface area contributed by atoms with E-state index in [-0.39, 0.29) is 11.8 Å². The first-order valence-corrected chi connectivity index (χ1v) is 10.4. The van der Waals surface area contributed by atoms with Gasteiger partial charge in [-0.15, -0.1) is 11.3 Å². The van der Waals surface area contributed by atoms with E-state index < -0.39 is 0 Å². The maximum Gasteiger partial charge on any atom is 0.227 e. The summed E-state index contributed by atoms with van der Waals surface area (Å²) in [5.41, 5.74) is 3.30. The smallest absolute Gasteiger partial charge is 0.227 e. The molecule has 0 spiro atoms. The van der Waals surface area contributed by atoms with Gasteiger partial charge in [-0.2, -0.15) is 0 Å². The summed E-state index contributed by atoms with van der Waals surface area (Å²) in [6.45, 7) is 5.78. The number of likely N-dealkylation sites (tertiary alicyclic amines) is 1. The van der Waals surface area contributed by atoms with Gasteiger partial charge in [0.15, 0.2) is 0 Å². The highest BCUT2D eigenvalue weighted by Crippen LogP contribution is 2.29. The molecule has 0 saturated carbocycles. The van der Waals surface area contributed by atoms with Crippen molar-refractivity contribution in [3.8, 4) is 0 Å². The van der Waals surface area contributed by atoms with E-state index >= 15 is 0 Å². The first-order chi connectivity index (χ1) is 13.0. The van der Waals surface area contributed by atoms with E-state index in [0.29, 0.717) is 18.9 Å². The van der Waals surface area contributed by atoms with Crippen LogP contribution in [0.1, 0.15) is 47.5 Å². The molecule has 5 nitrogen and oxygen atoms in total. The summed E-state index contributed by atoms with van der Waals surface area (Å²) in [6.07, 6.45) is 3.31. The van der Waals surface area contributed by atoms with E-state index in [4.69, 9.17) is 4.98 Å². The van der Waals surface area contributed by atoms with Crippen LogP contribution >= 0.6 is 11.3 Å². The number of thiazole rings is 1. The average Bonchev–Trinajstić information content (AvgIpc) is 3.12. The third-order valence-electron chi connectivity index (χ3n) is 4.92. The molecule has 1 aliphatic rings. The molecule has 0 radical (unpaired) electrons. The number of nitrogens with one attached hydrogen (secondary N) is 1. The molecule has 1 atom stereocenters. The molecule has 1 N–H and O–H groups in total. The van der Waals surface area contributed by atoms with Crippen molar-refractivity contribution in [1.29, 1.82) is 0 Å². The first kappa shape index (κ1) is 19.5. The second kappa shape index (κ2) is 9.13. The van der Waals surface area contributed by atoms with Gasteiger partial charge in [-0.05, 0) is 25.3 Å². The third kappa shape index (κ3) is 5.63. The van der Waals surface area contributed by atoms with Gasteiger partial charge in [0.1, 0.15) is 0 Å². The number of carbonyl (C=O) groups excluding carboxylic acids is 2. The molecule has 27 heavy (non-hydrogen) atoms. The number of amides is 2. The molecular weight excluding hydrogens is 358 g/mol. The topological polar surface area (TPSA) is 62.3 Å². The fourth-order valence-corrected chi connectivity index (χ4v) is 4.37. The Labute approximate surface area is 164 Å². The van der Waals surface area contributed by atoms with E-state index in [1.165, 1.54) is 12.5 Å². The van der Waals surface area contributed by atoms with Crippen LogP contribution in [0.4, 0.5) is 0 Å². The monoisotopic (exact) mass is 385 g/mol. The normalized spacial score (nSPS) is 17.0. The van der Waals surface area contributed by atoms with Gasteiger partial charge in [0, 0.05) is 44.3 Å². The quantitative estimate of drug-likeness (QED) is 0.831. The Bertz CT molecular complexity index is 785. The van der Waals surface area contributed by atoms with E-state index in [9.17, 15) is 9.59 Å². The van der Waals surface area contributed by atoms with Crippen LogP contribution in [-0.2, 0) is 22.4 Å². The van der Waals surface area contributed by atoms with Gasteiger partial charge in [-0.3, -0.25) is 9.59 Å². The molecule has 1 aliphatic heterocycles. The maximum absolute atomic E-state index is 12.7. The summed E-state index contributed by atoms with van der Waals surface area (Å²) in [6, 6.07) is 8.19. The number of benzene rings is 1. The summed E-state index contributed by atoms with van der Waals surface area (Å²) in [4.78, 5) is 30.4. The zero-order chi connectivity index (χ0) is 19.2. The first-order valence-electron chi connectivity index (χ1n) is 9.53. The van der Waals surface area contributed by atoms with Crippen LogP contribution in [0.2, 0.25) is 0 Å². The minimum atomic E-state index is -0.0135. The molecule has 2 heterocycles. The Morgan fingerprint density at radius 1 is 1.30 bits per heavy atom. The Hall–Kier alpha value is -2.21. The lowest BCUT2D eigenvalue weighted by Crippen LogP contribution is -2.39. The molecule has 0 aliphatic carbocycles. The minimum absolute atomic E-state index is 0.0135. The number of aromatic nitrogens is 1. The fourth-order valence-electron chi connectivity index (χ4n) is 3.39. The van der Waals surface area contributed by atoms with Crippen molar-refractivity contribution in [2.75, 3.05) is 19.6 Å². The van der Waals surface area contributed by atoms with Gasteiger partial charge >= 0.3 is 0 Å². The second-order valence-electron chi connectivity index (χ2n) is 7.25. The van der Waals surface area contributed by atoms with Crippen molar-refractivity contribution in [2.45, 2.75) is 45.4 Å². The van der Waals surface area contributed by atoms with Gasteiger partial charge in [0.25, 0.3) is 0 Å². The molecule has 6 heteroatoms. The number of piperidine rings is 1. The number of hydrogen-bond donors (Lipinski definition) is 1. The molecule has 2 amide bonds. The van der Waals surface area contributed by atoms with Crippen LogP contribution in [0.15, 0.2) is 29.6 Å². The summed E-state index contributed by atoms with van der Waals surface area (Å²) in [5.74, 6) is 0.506. The summed E-state index contributed by atoms with van der Waals surface area (Å²) in [5, 5.41) is 5.99. The van der Waals surface area contributed by atoms with Crippen molar-refractivity contribution < 1.29 is 9.59 Å². The SMILES string of the molecule is CC(=O)NCCc1csc(C2CCCN(C(=O)Cc3ccc(C)cc3)C2)n1. The zero-order valence-electron chi connectivity index (χ0n) is 16.0. The van der Waals surface area contributed by atoms with Crippen LogP contribution in [0.25, 0.3) is 0 Å². The largest absolute Gasteiger partial charge is 0.356 e. The molecule has 0 bridgehead atoms. The Balaban J connectivity index is 1.55. The third-order valence-corrected chi connectivity index (χ3v) is 5.98. The summed E-state index contributed by atoms with van der Waals surface area (Å²) >= 11 is 1.67. The van der Waals surface area contributed by atoms with Gasteiger partial charge in [-0.1, -0.05) is 29.8 Å². The zero-order valence-corrected chi connectivity index (χ0v) is 16.8. The Kier molecular flexibility index (Phi) is 6.61. The Morgan fingerprint density at radius 3 is 2.81 bits per heavy atom. The van der Waals surface area contributed by atoms with Crippen LogP contribution < -0.4 is 5.32 Å². The average molecular weight is 386 g/mol. The van der Waals surface area contributed by atoms with Gasteiger partial charge in [0.05, 0.1) is 17.1 Å². The van der Waals surface area contributed by atoms with E-state index in [0.717, 1.165) is 48.6 Å². The second-order valence-corrected chi connectivity index (χ2v) is 8.14. The molecule has 1 unspecified atom stereocenters. The number of nitrogens with zero attached hydrogens (tertiary/aromatic N) is 2. The number of carbonyl (C=O) groups is 2. The van der Waals surface area contributed by atoms with Crippen molar-refractivity contribution in [3.05, 3.63) is 51.5 Å². The summed E-state index contributed by atoms with van der Waals surface area (Å²) < 4.78 is 0. The highest BCUT2D eigenvalue weighted by Gasteiger charge is 2.26. The molecule has 144 valence electrons. The van der Waals surface area contributed by atoms with Gasteiger partial charge in [-0.25, -0.2) is 4.98 Å². The van der Waals surface area contributed by atoms with E-state index in [1.807, 2.05) is 17.0 Å². The number of hydrogen-bond acceptors (Lipinski definition) is 4. The van der Waals surface area contributed by atoms with Crippen LogP contribution in [0.5, 0.6) is 0 Å². The molecule has 2 aromatic rings. The van der Waals surface area contributed by atoms with Crippen LogP contribution in [0, 0.1) is 6.92 Å². The summed E-state index contributed by atoms with van der Waals surface area (Å²) in [7, 11) is 0. The Morgan fingerprint density at radius 2 is 2.07 bits per heavy atom. The maximum atomic E-state index is 12.7.